The first-order chi connectivity index (χ1) is 8.32. The molecule has 5 heteroatoms. The Labute approximate surface area is 107 Å². The van der Waals surface area contributed by atoms with Gasteiger partial charge in [0.25, 0.3) is 0 Å². The van der Waals surface area contributed by atoms with Crippen LogP contribution < -0.4 is 0 Å². The quantitative estimate of drug-likeness (QED) is 0.734. The number of hydrogen-bond acceptors (Lipinski definition) is 3. The van der Waals surface area contributed by atoms with Crippen LogP contribution in [-0.2, 0) is 14.4 Å². The Bertz CT molecular complexity index is 333. The first-order valence-electron chi connectivity index (χ1n) is 6.37. The van der Waals surface area contributed by atoms with Crippen LogP contribution in [0.15, 0.2) is 0 Å². The highest BCUT2D eigenvalue weighted by Crippen LogP contribution is 2.27. The van der Waals surface area contributed by atoms with Crippen LogP contribution >= 0.6 is 0 Å². The number of carboxylic acid groups (broad SMARTS) is 1. The molecule has 102 valence electrons. The molecule has 1 rings (SSSR count). The third-order valence-electron chi connectivity index (χ3n) is 3.41. The van der Waals surface area contributed by atoms with Gasteiger partial charge in [0.05, 0.1) is 0 Å². The maximum atomic E-state index is 11.6. The molecule has 0 aromatic rings. The summed E-state index contributed by atoms with van der Waals surface area (Å²) in [5.74, 6) is -1.01. The van der Waals surface area contributed by atoms with Gasteiger partial charge in [0.1, 0.15) is 0 Å². The van der Waals surface area contributed by atoms with E-state index < -0.39 is 5.97 Å². The van der Waals surface area contributed by atoms with Crippen molar-refractivity contribution in [2.24, 2.45) is 5.41 Å². The Morgan fingerprint density at radius 2 is 1.78 bits per heavy atom. The fourth-order valence-electron chi connectivity index (χ4n) is 2.03. The van der Waals surface area contributed by atoms with Gasteiger partial charge in [-0.05, 0) is 24.7 Å². The summed E-state index contributed by atoms with van der Waals surface area (Å²) < 4.78 is 0. The molecule has 1 N–H and O–H groups in total. The number of piperidine rings is 1. The number of hydrogen-bond donors (Lipinski definition) is 1. The number of rotatable bonds is 6. The summed E-state index contributed by atoms with van der Waals surface area (Å²) in [4.78, 5) is 35.1. The van der Waals surface area contributed by atoms with Crippen LogP contribution in [0.5, 0.6) is 0 Å². The third kappa shape index (κ3) is 4.47. The van der Waals surface area contributed by atoms with Crippen LogP contribution in [-0.4, -0.2) is 34.3 Å². The lowest BCUT2D eigenvalue weighted by Crippen LogP contribution is -2.41. The molecule has 0 unspecified atom stereocenters. The summed E-state index contributed by atoms with van der Waals surface area (Å²) in [6, 6.07) is 0. The number of carbonyl (C=O) groups is 3. The molecule has 1 fully saturated rings. The minimum absolute atomic E-state index is 0.0970. The van der Waals surface area contributed by atoms with Crippen molar-refractivity contribution in [2.45, 2.75) is 52.4 Å². The van der Waals surface area contributed by atoms with Gasteiger partial charge in [-0.3, -0.25) is 19.3 Å². The lowest BCUT2D eigenvalue weighted by Gasteiger charge is -2.30. The molecule has 0 atom stereocenters. The van der Waals surface area contributed by atoms with E-state index in [1.165, 1.54) is 4.90 Å². The standard InChI is InChI=1S/C13H21NO4/c1-13(2,7-6-12(17)18)8-9-14-10(15)4-3-5-11(14)16/h3-9H2,1-2H3,(H,17,18). The van der Waals surface area contributed by atoms with Gasteiger partial charge in [-0.1, -0.05) is 13.8 Å². The molecule has 0 aliphatic carbocycles. The van der Waals surface area contributed by atoms with Gasteiger partial charge in [0.15, 0.2) is 0 Å². The molecule has 2 amide bonds. The van der Waals surface area contributed by atoms with Gasteiger partial charge in [-0.2, -0.15) is 0 Å². The van der Waals surface area contributed by atoms with Crippen LogP contribution in [0.2, 0.25) is 0 Å². The number of aliphatic carboxylic acids is 1. The van der Waals surface area contributed by atoms with Crippen molar-refractivity contribution < 1.29 is 19.5 Å². The van der Waals surface area contributed by atoms with Crippen molar-refractivity contribution in [3.8, 4) is 0 Å². The van der Waals surface area contributed by atoms with Crippen LogP contribution in [0.25, 0.3) is 0 Å². The summed E-state index contributed by atoms with van der Waals surface area (Å²) in [5.41, 5.74) is -0.170. The van der Waals surface area contributed by atoms with E-state index in [1.807, 2.05) is 13.8 Å². The average Bonchev–Trinajstić information content (AvgIpc) is 2.26. The van der Waals surface area contributed by atoms with Crippen LogP contribution in [0.3, 0.4) is 0 Å². The lowest BCUT2D eigenvalue weighted by atomic mass is 9.84. The summed E-state index contributed by atoms with van der Waals surface area (Å²) in [6.07, 6.45) is 2.87. The van der Waals surface area contributed by atoms with Crippen LogP contribution in [0.4, 0.5) is 0 Å². The van der Waals surface area contributed by atoms with Crippen molar-refractivity contribution >= 4 is 17.8 Å². The molecule has 0 aromatic heterocycles. The molecule has 1 heterocycles. The summed E-state index contributed by atoms with van der Waals surface area (Å²) in [6.45, 7) is 4.34. The second-order valence-electron chi connectivity index (χ2n) is 5.60. The van der Waals surface area contributed by atoms with Gasteiger partial charge in [0, 0.05) is 25.8 Å². The Hall–Kier alpha value is -1.39. The Morgan fingerprint density at radius 3 is 2.28 bits per heavy atom. The summed E-state index contributed by atoms with van der Waals surface area (Å²) in [5, 5.41) is 8.66. The van der Waals surface area contributed by atoms with Crippen molar-refractivity contribution in [1.82, 2.24) is 4.90 Å². The van der Waals surface area contributed by atoms with Gasteiger partial charge < -0.3 is 5.11 Å². The van der Waals surface area contributed by atoms with Crippen molar-refractivity contribution in [3.63, 3.8) is 0 Å². The molecular weight excluding hydrogens is 234 g/mol. The molecule has 0 spiro atoms. The smallest absolute Gasteiger partial charge is 0.303 e. The predicted octanol–water partition coefficient (Wildman–Crippen LogP) is 1.81. The Kier molecular flexibility index (Phi) is 4.87. The normalized spacial score (nSPS) is 17.1. The highest BCUT2D eigenvalue weighted by atomic mass is 16.4. The first-order valence-corrected chi connectivity index (χ1v) is 6.37. The Balaban J connectivity index is 2.45. The highest BCUT2D eigenvalue weighted by molar-refractivity contribution is 5.97. The zero-order valence-electron chi connectivity index (χ0n) is 11.1. The maximum absolute atomic E-state index is 11.6. The van der Waals surface area contributed by atoms with E-state index in [4.69, 9.17) is 5.11 Å². The molecule has 5 nitrogen and oxygen atoms in total. The van der Waals surface area contributed by atoms with E-state index in [-0.39, 0.29) is 23.7 Å². The molecule has 0 aromatic carbocycles. The van der Waals surface area contributed by atoms with Crippen molar-refractivity contribution in [1.29, 1.82) is 0 Å². The van der Waals surface area contributed by atoms with E-state index in [1.54, 1.807) is 0 Å². The van der Waals surface area contributed by atoms with Crippen LogP contribution in [0, 0.1) is 5.41 Å². The number of imide groups is 1. The summed E-state index contributed by atoms with van der Waals surface area (Å²) in [7, 11) is 0. The minimum Gasteiger partial charge on any atom is -0.481 e. The van der Waals surface area contributed by atoms with Gasteiger partial charge in [-0.15, -0.1) is 0 Å². The zero-order valence-corrected chi connectivity index (χ0v) is 11.1. The van der Waals surface area contributed by atoms with E-state index in [0.717, 1.165) is 0 Å². The molecule has 1 saturated heterocycles. The molecule has 0 radical (unpaired) electrons. The maximum Gasteiger partial charge on any atom is 0.303 e. The second kappa shape index (κ2) is 5.98. The van der Waals surface area contributed by atoms with Crippen molar-refractivity contribution in [3.05, 3.63) is 0 Å². The molecule has 18 heavy (non-hydrogen) atoms. The van der Waals surface area contributed by atoms with E-state index in [0.29, 0.717) is 38.6 Å². The average molecular weight is 255 g/mol. The van der Waals surface area contributed by atoms with Gasteiger partial charge >= 0.3 is 5.97 Å². The number of likely N-dealkylation sites (tertiary alicyclic amines) is 1. The lowest BCUT2D eigenvalue weighted by molar-refractivity contribution is -0.148. The third-order valence-corrected chi connectivity index (χ3v) is 3.41. The predicted molar refractivity (Wildman–Crippen MR) is 65.8 cm³/mol. The monoisotopic (exact) mass is 255 g/mol. The van der Waals surface area contributed by atoms with E-state index in [2.05, 4.69) is 0 Å². The molecule has 1 aliphatic heterocycles. The van der Waals surface area contributed by atoms with Crippen molar-refractivity contribution in [2.75, 3.05) is 6.54 Å². The number of carboxylic acids is 1. The number of amides is 2. The van der Waals surface area contributed by atoms with Crippen LogP contribution in [0.1, 0.15) is 52.4 Å². The van der Waals surface area contributed by atoms with E-state index >= 15 is 0 Å². The summed E-state index contributed by atoms with van der Waals surface area (Å²) >= 11 is 0. The fraction of sp³-hybridized carbons (Fsp3) is 0.769. The fourth-order valence-corrected chi connectivity index (χ4v) is 2.03. The number of nitrogens with zero attached hydrogens (tertiary/aromatic N) is 1. The zero-order chi connectivity index (χ0) is 13.8. The van der Waals surface area contributed by atoms with E-state index in [9.17, 15) is 14.4 Å². The largest absolute Gasteiger partial charge is 0.481 e. The molecule has 0 bridgehead atoms. The number of carbonyl (C=O) groups excluding carboxylic acids is 2. The second-order valence-corrected chi connectivity index (χ2v) is 5.60. The Morgan fingerprint density at radius 1 is 1.22 bits per heavy atom. The topological polar surface area (TPSA) is 74.7 Å². The molecular formula is C13H21NO4. The first kappa shape index (κ1) is 14.7. The molecule has 0 saturated carbocycles. The molecule has 1 aliphatic rings. The minimum atomic E-state index is -0.812. The van der Waals surface area contributed by atoms with Gasteiger partial charge in [0.2, 0.25) is 11.8 Å². The van der Waals surface area contributed by atoms with Gasteiger partial charge in [-0.25, -0.2) is 0 Å². The highest BCUT2D eigenvalue weighted by Gasteiger charge is 2.28. The SMILES string of the molecule is CC(C)(CCC(=O)O)CCN1C(=O)CCCC1=O.